The van der Waals surface area contributed by atoms with E-state index in [1.165, 1.54) is 31.0 Å². The van der Waals surface area contributed by atoms with Crippen LogP contribution in [-0.4, -0.2) is 62.0 Å². The maximum atomic E-state index is 13.1. The Kier molecular flexibility index (Phi) is 8.98. The highest BCUT2D eigenvalue weighted by Crippen LogP contribution is 2.31. The number of hydrogen-bond acceptors (Lipinski definition) is 6. The van der Waals surface area contributed by atoms with Gasteiger partial charge >= 0.3 is 12.1 Å². The van der Waals surface area contributed by atoms with Crippen molar-refractivity contribution in [1.29, 1.82) is 0 Å². The fourth-order valence-electron chi connectivity index (χ4n) is 3.69. The minimum absolute atomic E-state index is 0.204. The molecule has 1 aliphatic rings. The van der Waals surface area contributed by atoms with Crippen LogP contribution >= 0.6 is 11.8 Å². The molecule has 1 fully saturated rings. The highest BCUT2D eigenvalue weighted by molar-refractivity contribution is 8.00. The minimum atomic E-state index is -4.41. The molecular weight excluding hydrogens is 469 g/mol. The Balaban J connectivity index is 1.77. The quantitative estimate of drug-likeness (QED) is 0.437. The van der Waals surface area contributed by atoms with E-state index in [4.69, 9.17) is 9.47 Å². The third-order valence-corrected chi connectivity index (χ3v) is 6.69. The molecule has 10 heteroatoms. The largest absolute Gasteiger partial charge is 0.468 e. The predicted molar refractivity (Wildman–Crippen MR) is 123 cm³/mol. The lowest BCUT2D eigenvalue weighted by Crippen LogP contribution is -2.43. The molecule has 0 spiro atoms. The zero-order valence-electron chi connectivity index (χ0n) is 18.9. The summed E-state index contributed by atoms with van der Waals surface area (Å²) in [6.07, 6.45) is -4.41. The maximum absolute atomic E-state index is 13.1. The van der Waals surface area contributed by atoms with Gasteiger partial charge in [0.1, 0.15) is 5.25 Å². The minimum Gasteiger partial charge on any atom is -0.468 e. The van der Waals surface area contributed by atoms with Gasteiger partial charge in [0.15, 0.2) is 0 Å². The predicted octanol–water partition coefficient (Wildman–Crippen LogP) is 4.16. The lowest BCUT2D eigenvalue weighted by atomic mass is 10.0. The number of thioether (sulfide) groups is 1. The zero-order chi connectivity index (χ0) is 24.7. The molecule has 2 atom stereocenters. The number of nitrogens with zero attached hydrogens (tertiary/aromatic N) is 1. The number of amides is 1. The van der Waals surface area contributed by atoms with E-state index in [2.05, 4.69) is 10.2 Å². The first-order valence-corrected chi connectivity index (χ1v) is 11.7. The molecule has 2 aromatic carbocycles. The molecule has 1 saturated heterocycles. The van der Waals surface area contributed by atoms with Crippen molar-refractivity contribution in [3.05, 3.63) is 65.2 Å². The molecule has 1 heterocycles. The number of benzene rings is 2. The van der Waals surface area contributed by atoms with Crippen molar-refractivity contribution in [2.24, 2.45) is 0 Å². The highest BCUT2D eigenvalue weighted by Gasteiger charge is 2.31. The fourth-order valence-corrected chi connectivity index (χ4v) is 4.71. The van der Waals surface area contributed by atoms with Crippen LogP contribution in [0.1, 0.15) is 34.5 Å². The summed E-state index contributed by atoms with van der Waals surface area (Å²) < 4.78 is 49.2. The van der Waals surface area contributed by atoms with E-state index in [1.54, 1.807) is 31.2 Å². The number of morpholine rings is 1. The molecule has 0 aromatic heterocycles. The Hall–Kier alpha value is -2.56. The van der Waals surface area contributed by atoms with Crippen LogP contribution in [0.3, 0.4) is 0 Å². The lowest BCUT2D eigenvalue weighted by molar-refractivity contribution is -0.139. The number of ether oxygens (including phenoxy) is 2. The van der Waals surface area contributed by atoms with E-state index >= 15 is 0 Å². The molecular formula is C24H27F3N2O4S. The second kappa shape index (κ2) is 11.7. The van der Waals surface area contributed by atoms with Gasteiger partial charge in [-0.2, -0.15) is 13.2 Å². The van der Waals surface area contributed by atoms with E-state index in [0.717, 1.165) is 12.1 Å². The first-order chi connectivity index (χ1) is 16.2. The van der Waals surface area contributed by atoms with Crippen molar-refractivity contribution >= 4 is 23.6 Å². The smallest absolute Gasteiger partial charge is 0.416 e. The molecule has 0 radical (unpaired) electrons. The van der Waals surface area contributed by atoms with Crippen molar-refractivity contribution in [3.8, 4) is 0 Å². The Morgan fingerprint density at radius 2 is 1.76 bits per heavy atom. The van der Waals surface area contributed by atoms with Crippen LogP contribution in [0.15, 0.2) is 53.4 Å². The Bertz CT molecular complexity index is 979. The normalized spacial score (nSPS) is 16.5. The van der Waals surface area contributed by atoms with E-state index in [1.807, 2.05) is 0 Å². The van der Waals surface area contributed by atoms with Gasteiger partial charge < -0.3 is 14.8 Å². The van der Waals surface area contributed by atoms with Crippen LogP contribution < -0.4 is 5.32 Å². The summed E-state index contributed by atoms with van der Waals surface area (Å²) in [6, 6.07) is 11.7. The standard InChI is InChI=1S/C24H27F3N2O4S/c1-16(23(31)32-2)34-21-6-4-3-5-19(21)22(30)28-15-20(29-11-13-33-14-12-29)17-7-9-18(10-8-17)24(25,26)27/h3-10,16,20H,11-15H2,1-2H3,(H,28,30). The molecule has 1 N–H and O–H groups in total. The number of esters is 1. The summed E-state index contributed by atoms with van der Waals surface area (Å²) in [6.45, 7) is 4.13. The molecule has 2 aromatic rings. The molecule has 2 unspecified atom stereocenters. The zero-order valence-corrected chi connectivity index (χ0v) is 19.7. The first kappa shape index (κ1) is 26.1. The van der Waals surface area contributed by atoms with Crippen molar-refractivity contribution in [3.63, 3.8) is 0 Å². The van der Waals surface area contributed by atoms with Gasteiger partial charge in [0, 0.05) is 24.5 Å². The number of alkyl halides is 3. The SMILES string of the molecule is COC(=O)C(C)Sc1ccccc1C(=O)NCC(c1ccc(C(F)(F)F)cc1)N1CCOCC1. The van der Waals surface area contributed by atoms with Gasteiger partial charge in [-0.15, -0.1) is 11.8 Å². The molecule has 1 amide bonds. The summed E-state index contributed by atoms with van der Waals surface area (Å²) in [4.78, 5) is 27.6. The number of nitrogens with one attached hydrogen (secondary N) is 1. The first-order valence-electron chi connectivity index (χ1n) is 10.8. The van der Waals surface area contributed by atoms with Crippen LogP contribution in [0.2, 0.25) is 0 Å². The average molecular weight is 497 g/mol. The summed E-state index contributed by atoms with van der Waals surface area (Å²) in [5, 5.41) is 2.43. The summed E-state index contributed by atoms with van der Waals surface area (Å²) in [5.74, 6) is -0.722. The molecule has 34 heavy (non-hydrogen) atoms. The number of hydrogen-bond donors (Lipinski definition) is 1. The van der Waals surface area contributed by atoms with Crippen molar-refractivity contribution in [2.45, 2.75) is 29.3 Å². The van der Waals surface area contributed by atoms with Crippen molar-refractivity contribution < 1.29 is 32.2 Å². The second-order valence-corrected chi connectivity index (χ2v) is 9.16. The van der Waals surface area contributed by atoms with Gasteiger partial charge in [-0.05, 0) is 36.8 Å². The van der Waals surface area contributed by atoms with Gasteiger partial charge in [0.05, 0.1) is 37.5 Å². The monoisotopic (exact) mass is 496 g/mol. The Morgan fingerprint density at radius 3 is 2.38 bits per heavy atom. The van der Waals surface area contributed by atoms with E-state index in [0.29, 0.717) is 42.3 Å². The molecule has 0 bridgehead atoms. The van der Waals surface area contributed by atoms with Crippen LogP contribution in [0, 0.1) is 0 Å². The van der Waals surface area contributed by atoms with Crippen molar-refractivity contribution in [1.82, 2.24) is 10.2 Å². The molecule has 6 nitrogen and oxygen atoms in total. The lowest BCUT2D eigenvalue weighted by Gasteiger charge is -2.35. The molecule has 1 aliphatic heterocycles. The van der Waals surface area contributed by atoms with Crippen molar-refractivity contribution in [2.75, 3.05) is 40.0 Å². The number of rotatable bonds is 8. The number of halogens is 3. The van der Waals surface area contributed by atoms with Gasteiger partial charge in [0.2, 0.25) is 0 Å². The van der Waals surface area contributed by atoms with E-state index in [9.17, 15) is 22.8 Å². The van der Waals surface area contributed by atoms with Gasteiger partial charge in [-0.1, -0.05) is 24.3 Å². The summed E-state index contributed by atoms with van der Waals surface area (Å²) in [7, 11) is 1.31. The number of carbonyl (C=O) groups excluding carboxylic acids is 2. The van der Waals surface area contributed by atoms with Gasteiger partial charge in [0.25, 0.3) is 5.91 Å². The average Bonchev–Trinajstić information content (AvgIpc) is 2.84. The second-order valence-electron chi connectivity index (χ2n) is 7.77. The highest BCUT2D eigenvalue weighted by atomic mass is 32.2. The molecule has 0 aliphatic carbocycles. The van der Waals surface area contributed by atoms with Crippen LogP contribution in [-0.2, 0) is 20.4 Å². The van der Waals surface area contributed by atoms with Gasteiger partial charge in [-0.25, -0.2) is 0 Å². The van der Waals surface area contributed by atoms with Crippen LogP contribution in [0.25, 0.3) is 0 Å². The van der Waals surface area contributed by atoms with Crippen LogP contribution in [0.4, 0.5) is 13.2 Å². The van der Waals surface area contributed by atoms with E-state index < -0.39 is 23.0 Å². The summed E-state index contributed by atoms with van der Waals surface area (Å²) in [5.41, 5.74) is 0.375. The Labute approximate surface area is 200 Å². The summed E-state index contributed by atoms with van der Waals surface area (Å²) >= 11 is 1.22. The molecule has 3 rings (SSSR count). The third-order valence-electron chi connectivity index (χ3n) is 5.53. The maximum Gasteiger partial charge on any atom is 0.416 e. The van der Waals surface area contributed by atoms with E-state index in [-0.39, 0.29) is 18.5 Å². The third kappa shape index (κ3) is 6.74. The fraction of sp³-hybridized carbons (Fsp3) is 0.417. The van der Waals surface area contributed by atoms with Crippen LogP contribution in [0.5, 0.6) is 0 Å². The number of methoxy groups -OCH3 is 1. The Morgan fingerprint density at radius 1 is 1.12 bits per heavy atom. The van der Waals surface area contributed by atoms with Gasteiger partial charge in [-0.3, -0.25) is 14.5 Å². The topological polar surface area (TPSA) is 67.9 Å². The number of carbonyl (C=O) groups is 2. The molecule has 0 saturated carbocycles. The molecule has 184 valence electrons.